The van der Waals surface area contributed by atoms with E-state index in [1.807, 2.05) is 12.1 Å². The Balaban J connectivity index is 1.53. The second-order valence-electron chi connectivity index (χ2n) is 8.33. The largest absolute Gasteiger partial charge is 0.206 e. The molecule has 2 heteroatoms. The Morgan fingerprint density at radius 3 is 2.20 bits per heavy atom. The number of hydrogen-bond donors (Lipinski definition) is 0. The molecule has 0 N–H and O–H groups in total. The first-order valence-electron chi connectivity index (χ1n) is 11.1. The predicted molar refractivity (Wildman–Crippen MR) is 122 cm³/mol. The number of hydrogen-bond acceptors (Lipinski definition) is 1. The fraction of sp³-hybridized carbons (Fsp3) is 0.321. The lowest BCUT2D eigenvalue weighted by atomic mass is 9.83. The Morgan fingerprint density at radius 1 is 0.800 bits per heavy atom. The molecule has 0 aromatic heterocycles. The molecule has 1 aliphatic rings. The Morgan fingerprint density at radius 2 is 1.47 bits per heavy atom. The van der Waals surface area contributed by atoms with Gasteiger partial charge >= 0.3 is 0 Å². The zero-order valence-corrected chi connectivity index (χ0v) is 17.7. The molecule has 0 bridgehead atoms. The van der Waals surface area contributed by atoms with Gasteiger partial charge < -0.3 is 0 Å². The van der Waals surface area contributed by atoms with Gasteiger partial charge in [-0.25, -0.2) is 4.39 Å². The first-order chi connectivity index (χ1) is 14.7. The van der Waals surface area contributed by atoms with Crippen molar-refractivity contribution < 1.29 is 4.39 Å². The van der Waals surface area contributed by atoms with Gasteiger partial charge in [0.25, 0.3) is 0 Å². The summed E-state index contributed by atoms with van der Waals surface area (Å²) >= 11 is 0. The molecule has 0 spiro atoms. The number of fused-ring (bicyclic) bond motifs is 3. The fourth-order valence-corrected chi connectivity index (χ4v) is 4.50. The van der Waals surface area contributed by atoms with E-state index in [4.69, 9.17) is 5.26 Å². The van der Waals surface area contributed by atoms with Crippen molar-refractivity contribution in [3.8, 4) is 28.3 Å². The smallest absolute Gasteiger partial charge is 0.141 e. The van der Waals surface area contributed by atoms with Crippen LogP contribution in [0.3, 0.4) is 0 Å². The average Bonchev–Trinajstić information content (AvgIpc) is 2.78. The van der Waals surface area contributed by atoms with Crippen LogP contribution < -0.4 is 0 Å². The SMILES string of the molecule is CCCCCCCc1ccc2c(c1)CCc1cc(-c3ccc(C#N)c(F)c3)ccc1-2. The molecule has 3 aromatic rings. The van der Waals surface area contributed by atoms with Crippen LogP contribution >= 0.6 is 0 Å². The molecule has 0 saturated heterocycles. The Labute approximate surface area is 179 Å². The minimum atomic E-state index is -0.458. The van der Waals surface area contributed by atoms with Crippen LogP contribution in [0.1, 0.15) is 61.3 Å². The summed E-state index contributed by atoms with van der Waals surface area (Å²) in [5.74, 6) is -0.458. The highest BCUT2D eigenvalue weighted by molar-refractivity contribution is 5.77. The van der Waals surface area contributed by atoms with Crippen molar-refractivity contribution in [3.05, 3.63) is 82.7 Å². The predicted octanol–water partition coefficient (Wildman–Crippen LogP) is 7.64. The summed E-state index contributed by atoms with van der Waals surface area (Å²) < 4.78 is 14.0. The second-order valence-corrected chi connectivity index (χ2v) is 8.33. The molecule has 1 nitrogen and oxygen atoms in total. The normalized spacial score (nSPS) is 12.2. The Hall–Kier alpha value is -2.92. The standard InChI is InChI=1S/C28H28FN/c1-2-3-4-5-6-7-20-8-14-26-23(16-20)10-11-24-17-21(13-15-27(24)26)22-9-12-25(19-30)28(29)18-22/h8-9,12-18H,2-7,10-11H2,1H3. The van der Waals surface area contributed by atoms with Crippen LogP contribution in [0.25, 0.3) is 22.3 Å². The quantitative estimate of drug-likeness (QED) is 0.376. The lowest BCUT2D eigenvalue weighted by Crippen LogP contribution is -2.05. The number of nitrogens with zero attached hydrogens (tertiary/aromatic N) is 1. The summed E-state index contributed by atoms with van der Waals surface area (Å²) in [6, 6.07) is 20.1. The monoisotopic (exact) mass is 397 g/mol. The lowest BCUT2D eigenvalue weighted by Gasteiger charge is -2.22. The topological polar surface area (TPSA) is 23.8 Å². The maximum atomic E-state index is 14.0. The van der Waals surface area contributed by atoms with E-state index < -0.39 is 5.82 Å². The third-order valence-electron chi connectivity index (χ3n) is 6.22. The molecule has 0 fully saturated rings. The second kappa shape index (κ2) is 9.26. The summed E-state index contributed by atoms with van der Waals surface area (Å²) in [5.41, 5.74) is 8.77. The van der Waals surface area contributed by atoms with E-state index in [-0.39, 0.29) is 5.56 Å². The van der Waals surface area contributed by atoms with Gasteiger partial charge in [0.15, 0.2) is 0 Å². The van der Waals surface area contributed by atoms with E-state index in [1.54, 1.807) is 6.07 Å². The highest BCUT2D eigenvalue weighted by Gasteiger charge is 2.17. The molecule has 0 radical (unpaired) electrons. The van der Waals surface area contributed by atoms with E-state index >= 15 is 0 Å². The number of halogens is 1. The minimum absolute atomic E-state index is 0.0896. The first-order valence-corrected chi connectivity index (χ1v) is 11.1. The molecule has 1 aliphatic carbocycles. The van der Waals surface area contributed by atoms with E-state index in [0.29, 0.717) is 0 Å². The van der Waals surface area contributed by atoms with Crippen molar-refractivity contribution in [1.82, 2.24) is 0 Å². The fourth-order valence-electron chi connectivity index (χ4n) is 4.50. The molecular weight excluding hydrogens is 369 g/mol. The van der Waals surface area contributed by atoms with Crippen molar-refractivity contribution >= 4 is 0 Å². The Bertz CT molecular complexity index is 1090. The molecular formula is C28H28FN. The summed E-state index contributed by atoms with van der Waals surface area (Å²) in [4.78, 5) is 0. The molecule has 0 atom stereocenters. The van der Waals surface area contributed by atoms with Gasteiger partial charge in [-0.05, 0) is 76.8 Å². The van der Waals surface area contributed by atoms with Crippen LogP contribution in [0.2, 0.25) is 0 Å². The molecule has 0 amide bonds. The van der Waals surface area contributed by atoms with Gasteiger partial charge in [0, 0.05) is 0 Å². The van der Waals surface area contributed by atoms with Crippen molar-refractivity contribution in [3.63, 3.8) is 0 Å². The van der Waals surface area contributed by atoms with E-state index in [1.165, 1.54) is 72.4 Å². The molecule has 0 unspecified atom stereocenters. The third-order valence-corrected chi connectivity index (χ3v) is 6.22. The van der Waals surface area contributed by atoms with E-state index in [9.17, 15) is 4.39 Å². The molecule has 3 aromatic carbocycles. The highest BCUT2D eigenvalue weighted by Crippen LogP contribution is 2.36. The van der Waals surface area contributed by atoms with Gasteiger partial charge in [0.2, 0.25) is 0 Å². The van der Waals surface area contributed by atoms with Crippen LogP contribution in [-0.2, 0) is 19.3 Å². The van der Waals surface area contributed by atoms with Crippen LogP contribution in [0, 0.1) is 17.1 Å². The first kappa shape index (κ1) is 20.4. The number of rotatable bonds is 7. The molecule has 0 aliphatic heterocycles. The van der Waals surface area contributed by atoms with E-state index in [0.717, 1.165) is 24.0 Å². The lowest BCUT2D eigenvalue weighted by molar-refractivity contribution is 0.624. The number of aryl methyl sites for hydroxylation is 3. The third kappa shape index (κ3) is 4.31. The van der Waals surface area contributed by atoms with Crippen molar-refractivity contribution in [2.24, 2.45) is 0 Å². The van der Waals surface area contributed by atoms with Crippen molar-refractivity contribution in [2.45, 2.75) is 58.3 Å². The molecule has 0 saturated carbocycles. The number of unbranched alkanes of at least 4 members (excludes halogenated alkanes) is 4. The van der Waals surface area contributed by atoms with Crippen LogP contribution in [0.5, 0.6) is 0 Å². The summed E-state index contributed by atoms with van der Waals surface area (Å²) in [6.45, 7) is 2.26. The maximum Gasteiger partial charge on any atom is 0.141 e. The highest BCUT2D eigenvalue weighted by atomic mass is 19.1. The van der Waals surface area contributed by atoms with Gasteiger partial charge in [-0.1, -0.05) is 75.1 Å². The molecule has 30 heavy (non-hydrogen) atoms. The van der Waals surface area contributed by atoms with Crippen LogP contribution in [0.15, 0.2) is 54.6 Å². The van der Waals surface area contributed by atoms with Crippen LogP contribution in [-0.4, -0.2) is 0 Å². The van der Waals surface area contributed by atoms with Gasteiger partial charge in [-0.2, -0.15) is 5.26 Å². The molecule has 0 heterocycles. The Kier molecular flexibility index (Phi) is 6.29. The van der Waals surface area contributed by atoms with Crippen LogP contribution in [0.4, 0.5) is 4.39 Å². The molecule has 4 rings (SSSR count). The molecule has 152 valence electrons. The minimum Gasteiger partial charge on any atom is -0.206 e. The van der Waals surface area contributed by atoms with Gasteiger partial charge in [-0.3, -0.25) is 0 Å². The van der Waals surface area contributed by atoms with Gasteiger partial charge in [-0.15, -0.1) is 0 Å². The zero-order chi connectivity index (χ0) is 20.9. The zero-order valence-electron chi connectivity index (χ0n) is 17.7. The van der Waals surface area contributed by atoms with Gasteiger partial charge in [0.05, 0.1) is 5.56 Å². The maximum absolute atomic E-state index is 14.0. The van der Waals surface area contributed by atoms with E-state index in [2.05, 4.69) is 43.3 Å². The number of benzene rings is 3. The average molecular weight is 398 g/mol. The van der Waals surface area contributed by atoms with Gasteiger partial charge in [0.1, 0.15) is 11.9 Å². The summed E-state index contributed by atoms with van der Waals surface area (Å²) in [5, 5.41) is 8.94. The van der Waals surface area contributed by atoms with Crippen molar-refractivity contribution in [2.75, 3.05) is 0 Å². The summed E-state index contributed by atoms with van der Waals surface area (Å²) in [6.07, 6.45) is 9.82. The van der Waals surface area contributed by atoms with Crippen molar-refractivity contribution in [1.29, 1.82) is 5.26 Å². The number of nitriles is 1. The summed E-state index contributed by atoms with van der Waals surface area (Å²) in [7, 11) is 0.